The number of rotatable bonds is 4. The van der Waals surface area contributed by atoms with Crippen molar-refractivity contribution in [2.75, 3.05) is 0 Å². The van der Waals surface area contributed by atoms with E-state index in [2.05, 4.69) is 5.32 Å². The highest BCUT2D eigenvalue weighted by atomic mass is 16.4. The van der Waals surface area contributed by atoms with Crippen molar-refractivity contribution < 1.29 is 19.8 Å². The highest BCUT2D eigenvalue weighted by Gasteiger charge is 2.36. The van der Waals surface area contributed by atoms with Crippen LogP contribution in [0.5, 0.6) is 5.75 Å². The Bertz CT molecular complexity index is 547. The van der Waals surface area contributed by atoms with Crippen molar-refractivity contribution in [2.24, 2.45) is 0 Å². The minimum atomic E-state index is -0.889. The van der Waals surface area contributed by atoms with E-state index in [1.165, 1.54) is 12.1 Å². The van der Waals surface area contributed by atoms with E-state index < -0.39 is 11.5 Å². The second-order valence-corrected chi connectivity index (χ2v) is 5.86. The Morgan fingerprint density at radius 2 is 1.90 bits per heavy atom. The molecule has 1 aromatic rings. The maximum Gasteiger partial charge on any atom is 0.305 e. The number of hydrogen-bond donors (Lipinski definition) is 3. The van der Waals surface area contributed by atoms with Gasteiger partial charge < -0.3 is 15.5 Å². The first-order valence-corrected chi connectivity index (χ1v) is 7.26. The zero-order valence-corrected chi connectivity index (χ0v) is 12.2. The molecule has 0 unspecified atom stereocenters. The van der Waals surface area contributed by atoms with Crippen LogP contribution in [-0.4, -0.2) is 27.6 Å². The lowest BCUT2D eigenvalue weighted by Crippen LogP contribution is -2.51. The van der Waals surface area contributed by atoms with Crippen molar-refractivity contribution in [3.8, 4) is 5.75 Å². The highest BCUT2D eigenvalue weighted by Crippen LogP contribution is 2.31. The molecule has 2 rings (SSSR count). The van der Waals surface area contributed by atoms with E-state index in [9.17, 15) is 14.7 Å². The molecule has 0 aromatic heterocycles. The summed E-state index contributed by atoms with van der Waals surface area (Å²) in [5.41, 5.74) is 0.503. The number of hydrogen-bond acceptors (Lipinski definition) is 3. The fourth-order valence-corrected chi connectivity index (χ4v) is 3.07. The minimum Gasteiger partial charge on any atom is -0.508 e. The zero-order chi connectivity index (χ0) is 15.5. The molecule has 1 amide bonds. The summed E-state index contributed by atoms with van der Waals surface area (Å²) in [6.07, 6.45) is 4.29. The molecule has 114 valence electrons. The van der Waals surface area contributed by atoms with Crippen LogP contribution in [0, 0.1) is 6.92 Å². The fraction of sp³-hybridized carbons (Fsp3) is 0.500. The molecule has 5 nitrogen and oxygen atoms in total. The molecule has 0 heterocycles. The van der Waals surface area contributed by atoms with E-state index in [-0.39, 0.29) is 18.1 Å². The van der Waals surface area contributed by atoms with Crippen LogP contribution in [0.1, 0.15) is 54.4 Å². The van der Waals surface area contributed by atoms with E-state index in [0.29, 0.717) is 24.0 Å². The van der Waals surface area contributed by atoms with Gasteiger partial charge >= 0.3 is 5.97 Å². The van der Waals surface area contributed by atoms with Crippen molar-refractivity contribution in [3.05, 3.63) is 29.3 Å². The highest BCUT2D eigenvalue weighted by molar-refractivity contribution is 5.96. The van der Waals surface area contributed by atoms with Crippen LogP contribution in [0.4, 0.5) is 0 Å². The van der Waals surface area contributed by atoms with Crippen LogP contribution in [0.2, 0.25) is 0 Å². The van der Waals surface area contributed by atoms with Gasteiger partial charge in [-0.1, -0.05) is 19.3 Å². The maximum atomic E-state index is 12.4. The van der Waals surface area contributed by atoms with Gasteiger partial charge in [0.2, 0.25) is 0 Å². The van der Waals surface area contributed by atoms with E-state index in [0.717, 1.165) is 19.3 Å². The first kappa shape index (κ1) is 15.4. The van der Waals surface area contributed by atoms with E-state index in [1.807, 2.05) is 0 Å². The summed E-state index contributed by atoms with van der Waals surface area (Å²) >= 11 is 0. The SMILES string of the molecule is Cc1cc(O)ccc1C(=O)NC1(CC(=O)O)CCCCC1. The van der Waals surface area contributed by atoms with Gasteiger partial charge in [-0.2, -0.15) is 0 Å². The molecule has 0 bridgehead atoms. The zero-order valence-electron chi connectivity index (χ0n) is 12.2. The lowest BCUT2D eigenvalue weighted by Gasteiger charge is -2.37. The number of carbonyl (C=O) groups is 2. The Kier molecular flexibility index (Phi) is 4.50. The van der Waals surface area contributed by atoms with Gasteiger partial charge in [0.15, 0.2) is 0 Å². The van der Waals surface area contributed by atoms with Crippen molar-refractivity contribution in [3.63, 3.8) is 0 Å². The number of aromatic hydroxyl groups is 1. The van der Waals surface area contributed by atoms with Crippen molar-refractivity contribution in [1.29, 1.82) is 0 Å². The quantitative estimate of drug-likeness (QED) is 0.796. The second kappa shape index (κ2) is 6.16. The molecule has 1 aliphatic carbocycles. The van der Waals surface area contributed by atoms with Gasteiger partial charge in [-0.25, -0.2) is 0 Å². The number of benzene rings is 1. The number of carbonyl (C=O) groups excluding carboxylic acids is 1. The molecular weight excluding hydrogens is 270 g/mol. The third-order valence-corrected chi connectivity index (χ3v) is 4.13. The average Bonchev–Trinajstić information content (AvgIpc) is 2.38. The summed E-state index contributed by atoms with van der Waals surface area (Å²) in [6.45, 7) is 1.75. The molecule has 3 N–H and O–H groups in total. The van der Waals surface area contributed by atoms with Gasteiger partial charge in [0.25, 0.3) is 5.91 Å². The number of phenols is 1. The summed E-state index contributed by atoms with van der Waals surface area (Å²) in [4.78, 5) is 23.6. The lowest BCUT2D eigenvalue weighted by atomic mass is 9.79. The Morgan fingerprint density at radius 3 is 2.48 bits per heavy atom. The number of carboxylic acid groups (broad SMARTS) is 1. The van der Waals surface area contributed by atoms with Crippen LogP contribution in [0.15, 0.2) is 18.2 Å². The number of aryl methyl sites for hydroxylation is 1. The fourth-order valence-electron chi connectivity index (χ4n) is 3.07. The molecule has 1 aliphatic rings. The topological polar surface area (TPSA) is 86.6 Å². The standard InChI is InChI=1S/C16H21NO4/c1-11-9-12(18)5-6-13(11)15(21)17-16(10-14(19)20)7-3-2-4-8-16/h5-6,9,18H,2-4,7-8,10H2,1H3,(H,17,21)(H,19,20). The van der Waals surface area contributed by atoms with Crippen molar-refractivity contribution >= 4 is 11.9 Å². The molecule has 1 fully saturated rings. The van der Waals surface area contributed by atoms with E-state index in [1.54, 1.807) is 13.0 Å². The van der Waals surface area contributed by atoms with Crippen LogP contribution < -0.4 is 5.32 Å². The Morgan fingerprint density at radius 1 is 1.24 bits per heavy atom. The van der Waals surface area contributed by atoms with Crippen LogP contribution in [0.3, 0.4) is 0 Å². The Balaban J connectivity index is 2.19. The van der Waals surface area contributed by atoms with Gasteiger partial charge in [-0.15, -0.1) is 0 Å². The summed E-state index contributed by atoms with van der Waals surface area (Å²) in [6, 6.07) is 4.56. The van der Waals surface area contributed by atoms with Crippen LogP contribution in [-0.2, 0) is 4.79 Å². The average molecular weight is 291 g/mol. The normalized spacial score (nSPS) is 17.2. The molecule has 0 saturated heterocycles. The number of phenolic OH excluding ortho intramolecular Hbond substituents is 1. The molecule has 5 heteroatoms. The maximum absolute atomic E-state index is 12.4. The molecule has 0 aliphatic heterocycles. The predicted octanol–water partition coefficient (Wildman–Crippen LogP) is 2.61. The third-order valence-electron chi connectivity index (χ3n) is 4.13. The Hall–Kier alpha value is -2.04. The first-order chi connectivity index (χ1) is 9.92. The summed E-state index contributed by atoms with van der Waals surface area (Å²) in [5, 5.41) is 21.5. The largest absolute Gasteiger partial charge is 0.508 e. The molecule has 0 radical (unpaired) electrons. The lowest BCUT2D eigenvalue weighted by molar-refractivity contribution is -0.139. The van der Waals surface area contributed by atoms with Gasteiger partial charge in [0, 0.05) is 5.56 Å². The molecular formula is C16H21NO4. The summed E-state index contributed by atoms with van der Waals surface area (Å²) in [7, 11) is 0. The molecule has 21 heavy (non-hydrogen) atoms. The monoisotopic (exact) mass is 291 g/mol. The number of nitrogens with one attached hydrogen (secondary N) is 1. The van der Waals surface area contributed by atoms with Gasteiger partial charge in [0.1, 0.15) is 5.75 Å². The van der Waals surface area contributed by atoms with Gasteiger partial charge in [0.05, 0.1) is 12.0 Å². The summed E-state index contributed by atoms with van der Waals surface area (Å²) < 4.78 is 0. The molecule has 0 spiro atoms. The van der Waals surface area contributed by atoms with E-state index in [4.69, 9.17) is 5.11 Å². The van der Waals surface area contributed by atoms with E-state index >= 15 is 0 Å². The minimum absolute atomic E-state index is 0.0458. The molecule has 1 saturated carbocycles. The van der Waals surface area contributed by atoms with Crippen LogP contribution >= 0.6 is 0 Å². The van der Waals surface area contributed by atoms with Crippen molar-refractivity contribution in [2.45, 2.75) is 51.0 Å². The number of amides is 1. The molecule has 1 aromatic carbocycles. The summed E-state index contributed by atoms with van der Waals surface area (Å²) in [5.74, 6) is -1.04. The second-order valence-electron chi connectivity index (χ2n) is 5.86. The van der Waals surface area contributed by atoms with Gasteiger partial charge in [-0.3, -0.25) is 9.59 Å². The third kappa shape index (κ3) is 3.74. The van der Waals surface area contributed by atoms with Crippen molar-refractivity contribution in [1.82, 2.24) is 5.32 Å². The molecule has 0 atom stereocenters. The number of aliphatic carboxylic acids is 1. The van der Waals surface area contributed by atoms with Crippen LogP contribution in [0.25, 0.3) is 0 Å². The van der Waals surface area contributed by atoms with Gasteiger partial charge in [-0.05, 0) is 43.5 Å². The Labute approximate surface area is 124 Å². The number of carboxylic acids is 1. The predicted molar refractivity (Wildman–Crippen MR) is 78.4 cm³/mol. The smallest absolute Gasteiger partial charge is 0.305 e. The first-order valence-electron chi connectivity index (χ1n) is 7.26.